The van der Waals surface area contributed by atoms with Gasteiger partial charge < -0.3 is 29.2 Å². The second-order valence-electron chi connectivity index (χ2n) is 16.1. The zero-order valence-corrected chi connectivity index (χ0v) is 28.2. The lowest BCUT2D eigenvalue weighted by Crippen LogP contribution is -2.23. The Morgan fingerprint density at radius 3 is 1.10 bits per heavy atom. The number of ether oxygens (including phenoxy) is 4. The third-order valence-electron chi connectivity index (χ3n) is 6.39. The molecule has 0 spiro atoms. The van der Waals surface area contributed by atoms with Crippen molar-refractivity contribution in [2.24, 2.45) is 10.8 Å². The van der Waals surface area contributed by atoms with Crippen LogP contribution in [0.5, 0.6) is 23.0 Å². The first kappa shape index (κ1) is 34.8. The van der Waals surface area contributed by atoms with E-state index in [-0.39, 0.29) is 46.7 Å². The molecule has 0 heterocycles. The lowest BCUT2D eigenvalue weighted by molar-refractivity contribution is -0.0161. The third kappa shape index (κ3) is 11.1. The van der Waals surface area contributed by atoms with Crippen LogP contribution in [0.1, 0.15) is 119 Å². The molecule has 0 radical (unpaired) electrons. The molecule has 6 nitrogen and oxygen atoms in total. The Kier molecular flexibility index (Phi) is 10.5. The smallest absolute Gasteiger partial charge is 0.163 e. The SMILES string of the molecule is CC(C)(C)COc1cc(C(C)(C)c2cc(COC(C)(C)C)c(O)c(OCC(C)(C)C)c2)cc(COC(C)(C)C)c1O. The Hall–Kier alpha value is -2.44. The molecule has 0 amide bonds. The van der Waals surface area contributed by atoms with Crippen molar-refractivity contribution < 1.29 is 29.2 Å². The van der Waals surface area contributed by atoms with Crippen LogP contribution in [0.4, 0.5) is 0 Å². The minimum absolute atomic E-state index is 0.0851. The average molecular weight is 573 g/mol. The first-order valence-corrected chi connectivity index (χ1v) is 14.6. The summed E-state index contributed by atoms with van der Waals surface area (Å²) >= 11 is 0. The molecule has 232 valence electrons. The number of hydrogen-bond acceptors (Lipinski definition) is 6. The normalized spacial score (nSPS) is 13.4. The number of hydrogen-bond donors (Lipinski definition) is 2. The molecule has 0 fully saturated rings. The van der Waals surface area contributed by atoms with E-state index in [0.29, 0.717) is 35.8 Å². The Bertz CT molecular complexity index is 998. The lowest BCUT2D eigenvalue weighted by Gasteiger charge is -2.31. The fraction of sp³-hybridized carbons (Fsp3) is 0.657. The standard InChI is InChI=1S/C35H56O6/c1-31(2,3)21-38-27-17-25(15-23(29(27)36)19-40-33(7,8)9)35(13,14)26-16-24(20-41-34(10,11)12)30(37)28(18-26)39-22-32(4,5)6/h15-18,36-37H,19-22H2,1-14H3. The van der Waals surface area contributed by atoms with Crippen LogP contribution in [-0.4, -0.2) is 34.6 Å². The van der Waals surface area contributed by atoms with Crippen LogP contribution in [0.25, 0.3) is 0 Å². The molecular weight excluding hydrogens is 516 g/mol. The van der Waals surface area contributed by atoms with E-state index in [9.17, 15) is 10.2 Å². The highest BCUT2D eigenvalue weighted by molar-refractivity contribution is 5.56. The van der Waals surface area contributed by atoms with E-state index in [2.05, 4.69) is 55.4 Å². The minimum atomic E-state index is -0.548. The van der Waals surface area contributed by atoms with Gasteiger partial charge in [0.2, 0.25) is 0 Å². The highest BCUT2D eigenvalue weighted by atomic mass is 16.5. The van der Waals surface area contributed by atoms with Crippen molar-refractivity contribution in [2.75, 3.05) is 13.2 Å². The van der Waals surface area contributed by atoms with Crippen LogP contribution in [0, 0.1) is 10.8 Å². The maximum atomic E-state index is 11.2. The fourth-order valence-electron chi connectivity index (χ4n) is 3.84. The summed E-state index contributed by atoms with van der Waals surface area (Å²) in [5.41, 5.74) is 1.75. The Balaban J connectivity index is 2.69. The van der Waals surface area contributed by atoms with E-state index in [4.69, 9.17) is 18.9 Å². The zero-order valence-electron chi connectivity index (χ0n) is 28.2. The van der Waals surface area contributed by atoms with Crippen LogP contribution in [0.2, 0.25) is 0 Å². The second kappa shape index (κ2) is 12.4. The topological polar surface area (TPSA) is 77.4 Å². The lowest BCUT2D eigenvalue weighted by atomic mass is 9.76. The maximum Gasteiger partial charge on any atom is 0.163 e. The van der Waals surface area contributed by atoms with E-state index in [1.807, 2.05) is 65.8 Å². The van der Waals surface area contributed by atoms with Gasteiger partial charge in [-0.05, 0) is 87.8 Å². The molecule has 6 heteroatoms. The molecule has 0 aliphatic rings. The van der Waals surface area contributed by atoms with Gasteiger partial charge >= 0.3 is 0 Å². The fourth-order valence-corrected chi connectivity index (χ4v) is 3.84. The number of aromatic hydroxyl groups is 2. The van der Waals surface area contributed by atoms with Gasteiger partial charge in [-0.2, -0.15) is 0 Å². The molecule has 2 rings (SSSR count). The van der Waals surface area contributed by atoms with Gasteiger partial charge in [-0.15, -0.1) is 0 Å². The zero-order chi connectivity index (χ0) is 31.6. The average Bonchev–Trinajstić information content (AvgIpc) is 2.78. The number of phenols is 2. The summed E-state index contributed by atoms with van der Waals surface area (Å²) in [7, 11) is 0. The van der Waals surface area contributed by atoms with Gasteiger partial charge in [-0.25, -0.2) is 0 Å². The molecule has 0 bridgehead atoms. The number of benzene rings is 2. The maximum absolute atomic E-state index is 11.2. The molecule has 0 aliphatic carbocycles. The van der Waals surface area contributed by atoms with Crippen LogP contribution >= 0.6 is 0 Å². The van der Waals surface area contributed by atoms with Crippen LogP contribution < -0.4 is 9.47 Å². The van der Waals surface area contributed by atoms with Gasteiger partial charge in [0.05, 0.1) is 37.6 Å². The number of rotatable bonds is 10. The largest absolute Gasteiger partial charge is 0.504 e. The van der Waals surface area contributed by atoms with E-state index in [0.717, 1.165) is 11.1 Å². The first-order chi connectivity index (χ1) is 18.4. The van der Waals surface area contributed by atoms with Crippen molar-refractivity contribution in [3.05, 3.63) is 46.5 Å². The summed E-state index contributed by atoms with van der Waals surface area (Å²) < 4.78 is 24.5. The summed E-state index contributed by atoms with van der Waals surface area (Å²) in [5, 5.41) is 22.4. The Morgan fingerprint density at radius 2 is 0.829 bits per heavy atom. The predicted molar refractivity (Wildman–Crippen MR) is 167 cm³/mol. The summed E-state index contributed by atoms with van der Waals surface area (Å²) in [6, 6.07) is 7.79. The van der Waals surface area contributed by atoms with Crippen molar-refractivity contribution in [2.45, 2.75) is 127 Å². The van der Waals surface area contributed by atoms with E-state index < -0.39 is 5.41 Å². The van der Waals surface area contributed by atoms with Gasteiger partial charge in [-0.1, -0.05) is 55.4 Å². The van der Waals surface area contributed by atoms with E-state index in [1.54, 1.807) is 0 Å². The van der Waals surface area contributed by atoms with Crippen LogP contribution in [-0.2, 0) is 28.1 Å². The Morgan fingerprint density at radius 1 is 0.512 bits per heavy atom. The highest BCUT2D eigenvalue weighted by Gasteiger charge is 2.30. The molecule has 0 atom stereocenters. The molecule has 2 N–H and O–H groups in total. The summed E-state index contributed by atoms with van der Waals surface area (Å²) in [6.45, 7) is 30.1. The second-order valence-corrected chi connectivity index (χ2v) is 16.1. The van der Waals surface area contributed by atoms with Crippen molar-refractivity contribution in [1.29, 1.82) is 0 Å². The highest BCUT2D eigenvalue weighted by Crippen LogP contribution is 2.44. The summed E-state index contributed by atoms with van der Waals surface area (Å²) in [5.74, 6) is 1.05. The molecule has 0 saturated carbocycles. The van der Waals surface area contributed by atoms with Gasteiger partial charge in [-0.3, -0.25) is 0 Å². The van der Waals surface area contributed by atoms with Gasteiger partial charge in [0.1, 0.15) is 0 Å². The molecule has 0 unspecified atom stereocenters. The van der Waals surface area contributed by atoms with Gasteiger partial charge in [0, 0.05) is 16.5 Å². The molecule has 41 heavy (non-hydrogen) atoms. The molecule has 2 aromatic rings. The molecule has 0 aliphatic heterocycles. The van der Waals surface area contributed by atoms with Gasteiger partial charge in [0.25, 0.3) is 0 Å². The summed E-state index contributed by atoms with van der Waals surface area (Å²) in [6.07, 6.45) is 0. The molecule has 0 aromatic heterocycles. The van der Waals surface area contributed by atoms with Gasteiger partial charge in [0.15, 0.2) is 23.0 Å². The molecular formula is C35H56O6. The van der Waals surface area contributed by atoms with Crippen LogP contribution in [0.15, 0.2) is 24.3 Å². The monoisotopic (exact) mass is 572 g/mol. The molecule has 0 saturated heterocycles. The predicted octanol–water partition coefficient (Wildman–Crippen LogP) is 8.90. The number of phenolic OH excluding ortho intramolecular Hbond substituents is 2. The van der Waals surface area contributed by atoms with Crippen molar-refractivity contribution in [3.8, 4) is 23.0 Å². The first-order valence-electron chi connectivity index (χ1n) is 14.6. The van der Waals surface area contributed by atoms with Crippen molar-refractivity contribution in [3.63, 3.8) is 0 Å². The third-order valence-corrected chi connectivity index (χ3v) is 6.39. The van der Waals surface area contributed by atoms with Crippen molar-refractivity contribution in [1.82, 2.24) is 0 Å². The van der Waals surface area contributed by atoms with E-state index >= 15 is 0 Å². The van der Waals surface area contributed by atoms with Crippen LogP contribution in [0.3, 0.4) is 0 Å². The Labute approximate surface area is 249 Å². The minimum Gasteiger partial charge on any atom is -0.504 e. The molecule has 2 aromatic carbocycles. The quantitative estimate of drug-likeness (QED) is 0.296. The van der Waals surface area contributed by atoms with E-state index in [1.165, 1.54) is 0 Å². The van der Waals surface area contributed by atoms with Crippen molar-refractivity contribution >= 4 is 0 Å². The summed E-state index contributed by atoms with van der Waals surface area (Å²) in [4.78, 5) is 0.